The first-order valence-electron chi connectivity index (χ1n) is 10.1. The number of carbonyl (C=O) groups is 1. The van der Waals surface area contributed by atoms with Crippen LogP contribution in [-0.4, -0.2) is 43.0 Å². The average molecular weight is 500 g/mol. The first-order valence-corrected chi connectivity index (χ1v) is 12.5. The van der Waals surface area contributed by atoms with E-state index in [0.717, 1.165) is 11.1 Å². The fourth-order valence-corrected chi connectivity index (χ4v) is 5.09. The molecule has 0 fully saturated rings. The number of sulfonamides is 1. The van der Waals surface area contributed by atoms with Crippen molar-refractivity contribution in [3.8, 4) is 17.2 Å². The van der Waals surface area contributed by atoms with Gasteiger partial charge in [0.05, 0.1) is 18.2 Å². The van der Waals surface area contributed by atoms with Crippen LogP contribution in [0.25, 0.3) is 11.5 Å². The van der Waals surface area contributed by atoms with Crippen LogP contribution in [0.1, 0.15) is 21.7 Å². The highest BCUT2D eigenvalue weighted by atomic mass is 32.2. The summed E-state index contributed by atoms with van der Waals surface area (Å²) in [7, 11) is -1.13. The van der Waals surface area contributed by atoms with E-state index in [2.05, 4.69) is 10.1 Å². The van der Waals surface area contributed by atoms with Crippen molar-refractivity contribution in [1.29, 1.82) is 0 Å². The molecule has 4 rings (SSSR count). The molecule has 0 saturated carbocycles. The van der Waals surface area contributed by atoms with Gasteiger partial charge in [-0.25, -0.2) is 13.2 Å². The Morgan fingerprint density at radius 3 is 2.65 bits per heavy atom. The van der Waals surface area contributed by atoms with E-state index in [-0.39, 0.29) is 35.2 Å². The lowest BCUT2D eigenvalue weighted by Gasteiger charge is -2.19. The Balaban J connectivity index is 1.50. The van der Waals surface area contributed by atoms with Crippen molar-refractivity contribution in [2.75, 3.05) is 14.2 Å². The van der Waals surface area contributed by atoms with E-state index in [1.165, 1.54) is 48.0 Å². The topological polar surface area (TPSA) is 112 Å². The summed E-state index contributed by atoms with van der Waals surface area (Å²) in [6.45, 7) is -0.0697. The van der Waals surface area contributed by atoms with Gasteiger partial charge in [0.15, 0.2) is 6.61 Å². The third kappa shape index (κ3) is 5.16. The Kier molecular flexibility index (Phi) is 7.06. The maximum absolute atomic E-state index is 13.2. The molecule has 0 aliphatic rings. The molecule has 2 heterocycles. The van der Waals surface area contributed by atoms with Gasteiger partial charge in [-0.15, -0.1) is 0 Å². The highest BCUT2D eigenvalue weighted by molar-refractivity contribution is 7.89. The zero-order chi connectivity index (χ0) is 24.1. The molecular formula is C23H21N3O6S2. The first kappa shape index (κ1) is 23.6. The van der Waals surface area contributed by atoms with Crippen molar-refractivity contribution < 1.29 is 27.2 Å². The lowest BCUT2D eigenvalue weighted by Crippen LogP contribution is -2.27. The second-order valence-corrected chi connectivity index (χ2v) is 10.0. The summed E-state index contributed by atoms with van der Waals surface area (Å²) in [5.41, 5.74) is 1.65. The van der Waals surface area contributed by atoms with Crippen LogP contribution >= 0.6 is 11.3 Å². The zero-order valence-electron chi connectivity index (χ0n) is 18.4. The van der Waals surface area contributed by atoms with Gasteiger partial charge in [-0.05, 0) is 35.2 Å². The molecule has 9 nitrogen and oxygen atoms in total. The van der Waals surface area contributed by atoms with Crippen molar-refractivity contribution >= 4 is 27.3 Å². The molecule has 0 bridgehead atoms. The Morgan fingerprint density at radius 1 is 1.15 bits per heavy atom. The van der Waals surface area contributed by atoms with Crippen LogP contribution in [0.15, 0.2) is 74.8 Å². The number of nitrogens with zero attached hydrogens (tertiary/aromatic N) is 3. The molecule has 0 saturated heterocycles. The first-order chi connectivity index (χ1) is 16.4. The van der Waals surface area contributed by atoms with Crippen molar-refractivity contribution in [3.05, 3.63) is 82.3 Å². The third-order valence-corrected chi connectivity index (χ3v) is 7.41. The maximum Gasteiger partial charge on any atom is 0.338 e. The van der Waals surface area contributed by atoms with Gasteiger partial charge >= 0.3 is 5.97 Å². The molecule has 0 unspecified atom stereocenters. The summed E-state index contributed by atoms with van der Waals surface area (Å²) >= 11 is 1.49. The smallest absolute Gasteiger partial charge is 0.338 e. The molecule has 0 aliphatic heterocycles. The Morgan fingerprint density at radius 2 is 1.94 bits per heavy atom. The van der Waals surface area contributed by atoms with Crippen LogP contribution in [0.5, 0.6) is 5.75 Å². The van der Waals surface area contributed by atoms with E-state index in [9.17, 15) is 13.2 Å². The van der Waals surface area contributed by atoms with Crippen molar-refractivity contribution in [1.82, 2.24) is 14.4 Å². The molecule has 0 amide bonds. The number of benzene rings is 2. The van der Waals surface area contributed by atoms with Crippen LogP contribution in [0.4, 0.5) is 0 Å². The summed E-state index contributed by atoms with van der Waals surface area (Å²) in [5, 5.41) is 7.54. The number of aromatic nitrogens is 2. The Labute approximate surface area is 200 Å². The van der Waals surface area contributed by atoms with Gasteiger partial charge in [0.2, 0.25) is 15.8 Å². The molecule has 176 valence electrons. The summed E-state index contributed by atoms with van der Waals surface area (Å²) < 4.78 is 43.4. The number of carbonyl (C=O) groups excluding carboxylic acids is 1. The quantitative estimate of drug-likeness (QED) is 0.318. The number of esters is 1. The zero-order valence-corrected chi connectivity index (χ0v) is 20.0. The normalized spacial score (nSPS) is 11.5. The van der Waals surface area contributed by atoms with Crippen LogP contribution in [-0.2, 0) is 27.9 Å². The number of methoxy groups -OCH3 is 1. The minimum atomic E-state index is -3.96. The fraction of sp³-hybridized carbons (Fsp3) is 0.174. The standard InChI is InChI=1S/C23H21N3O6S2/c1-26(13-16-6-4-3-5-7-16)34(28,29)20-12-17(8-9-19(20)30-2)23(27)31-14-21-24-22(32-25-21)18-10-11-33-15-18/h3-12,15H,13-14H2,1-2H3. The maximum atomic E-state index is 13.2. The molecule has 2 aromatic carbocycles. The van der Waals surface area contributed by atoms with Gasteiger partial charge in [-0.1, -0.05) is 35.5 Å². The van der Waals surface area contributed by atoms with E-state index in [0.29, 0.717) is 5.89 Å². The predicted octanol–water partition coefficient (Wildman–Crippen LogP) is 3.98. The van der Waals surface area contributed by atoms with E-state index < -0.39 is 16.0 Å². The Hall–Kier alpha value is -3.54. The van der Waals surface area contributed by atoms with E-state index in [4.69, 9.17) is 14.0 Å². The number of thiophene rings is 1. The molecule has 0 spiro atoms. The summed E-state index contributed by atoms with van der Waals surface area (Å²) in [6.07, 6.45) is 0. The second-order valence-electron chi connectivity index (χ2n) is 7.22. The minimum absolute atomic E-state index is 0.0500. The third-order valence-electron chi connectivity index (χ3n) is 4.90. The highest BCUT2D eigenvalue weighted by Crippen LogP contribution is 2.28. The van der Waals surface area contributed by atoms with Gasteiger partial charge in [0.1, 0.15) is 10.6 Å². The van der Waals surface area contributed by atoms with Crippen LogP contribution < -0.4 is 4.74 Å². The fourth-order valence-electron chi connectivity index (χ4n) is 3.13. The summed E-state index contributed by atoms with van der Waals surface area (Å²) in [4.78, 5) is 16.7. The highest BCUT2D eigenvalue weighted by Gasteiger charge is 2.27. The minimum Gasteiger partial charge on any atom is -0.495 e. The predicted molar refractivity (Wildman–Crippen MR) is 125 cm³/mol. The lowest BCUT2D eigenvalue weighted by molar-refractivity contribution is 0.0459. The average Bonchev–Trinajstić information content (AvgIpc) is 3.55. The molecule has 0 N–H and O–H groups in total. The number of hydrogen-bond acceptors (Lipinski definition) is 9. The van der Waals surface area contributed by atoms with Gasteiger partial charge in [0.25, 0.3) is 5.89 Å². The number of rotatable bonds is 9. The SMILES string of the molecule is COc1ccc(C(=O)OCc2noc(-c3ccsc3)n2)cc1S(=O)(=O)N(C)Cc1ccccc1. The van der Waals surface area contributed by atoms with E-state index in [1.54, 1.807) is 0 Å². The van der Waals surface area contributed by atoms with Crippen LogP contribution in [0.2, 0.25) is 0 Å². The molecule has 0 atom stereocenters. The molecular weight excluding hydrogens is 478 g/mol. The molecule has 4 aromatic rings. The number of hydrogen-bond donors (Lipinski definition) is 0. The van der Waals surface area contributed by atoms with Crippen LogP contribution in [0.3, 0.4) is 0 Å². The van der Waals surface area contributed by atoms with E-state index >= 15 is 0 Å². The molecule has 11 heteroatoms. The largest absolute Gasteiger partial charge is 0.495 e. The van der Waals surface area contributed by atoms with Gasteiger partial charge < -0.3 is 14.0 Å². The van der Waals surface area contributed by atoms with Crippen LogP contribution in [0, 0.1) is 0 Å². The number of ether oxygens (including phenoxy) is 2. The summed E-state index contributed by atoms with van der Waals surface area (Å²) in [6, 6.07) is 15.1. The summed E-state index contributed by atoms with van der Waals surface area (Å²) in [5.74, 6) is -0.0909. The van der Waals surface area contributed by atoms with Crippen molar-refractivity contribution in [3.63, 3.8) is 0 Å². The van der Waals surface area contributed by atoms with Gasteiger partial charge in [-0.2, -0.15) is 20.6 Å². The Bertz CT molecular complexity index is 1370. The van der Waals surface area contributed by atoms with Crippen molar-refractivity contribution in [2.45, 2.75) is 18.0 Å². The molecule has 34 heavy (non-hydrogen) atoms. The van der Waals surface area contributed by atoms with Crippen molar-refractivity contribution in [2.24, 2.45) is 0 Å². The van der Waals surface area contributed by atoms with E-state index in [1.807, 2.05) is 47.2 Å². The molecule has 0 aliphatic carbocycles. The monoisotopic (exact) mass is 499 g/mol. The second kappa shape index (κ2) is 10.2. The molecule has 0 radical (unpaired) electrons. The molecule has 2 aromatic heterocycles. The van der Waals surface area contributed by atoms with Gasteiger partial charge in [0, 0.05) is 19.0 Å². The lowest BCUT2D eigenvalue weighted by atomic mass is 10.2. The van der Waals surface area contributed by atoms with Gasteiger partial charge in [-0.3, -0.25) is 0 Å².